The summed E-state index contributed by atoms with van der Waals surface area (Å²) in [5.41, 5.74) is 1.15. The van der Waals surface area contributed by atoms with Crippen molar-refractivity contribution in [3.63, 3.8) is 0 Å². The first-order valence-corrected chi connectivity index (χ1v) is 6.67. The van der Waals surface area contributed by atoms with Gasteiger partial charge < -0.3 is 19.0 Å². The Morgan fingerprint density at radius 2 is 1.68 bits per heavy atom. The topological polar surface area (TPSA) is 44.8 Å². The lowest BCUT2D eigenvalue weighted by atomic mass is 10.1. The number of aryl methyl sites for hydroxylation is 1. The van der Waals surface area contributed by atoms with Crippen LogP contribution in [0.1, 0.15) is 18.9 Å². The average Bonchev–Trinajstić information content (AvgIpc) is 2.45. The predicted molar refractivity (Wildman–Crippen MR) is 73.6 cm³/mol. The van der Waals surface area contributed by atoms with E-state index in [0.29, 0.717) is 32.8 Å². The van der Waals surface area contributed by atoms with E-state index in [1.54, 1.807) is 0 Å². The molecule has 0 N–H and O–H groups in total. The van der Waals surface area contributed by atoms with E-state index in [1.807, 2.05) is 31.2 Å². The second-order valence-corrected chi connectivity index (χ2v) is 4.01. The second kappa shape index (κ2) is 10.5. The molecule has 19 heavy (non-hydrogen) atoms. The third-order valence-corrected chi connectivity index (χ3v) is 2.55. The maximum Gasteiger partial charge on any atom is 0.120 e. The standard InChI is InChI=1S/C15H22O4/c1-2-17-10-11-18-12-13-19-15-7-5-14(6-8-15)4-3-9-16/h5-9H,2-4,10-13H2,1H3. The summed E-state index contributed by atoms with van der Waals surface area (Å²) in [6, 6.07) is 7.80. The highest BCUT2D eigenvalue weighted by molar-refractivity contribution is 5.50. The molecule has 4 heteroatoms. The van der Waals surface area contributed by atoms with Crippen LogP contribution in [0.15, 0.2) is 24.3 Å². The van der Waals surface area contributed by atoms with Gasteiger partial charge in [-0.05, 0) is 31.0 Å². The summed E-state index contributed by atoms with van der Waals surface area (Å²) in [6.45, 7) is 4.99. The highest BCUT2D eigenvalue weighted by atomic mass is 16.5. The number of ether oxygens (including phenoxy) is 3. The summed E-state index contributed by atoms with van der Waals surface area (Å²) in [5, 5.41) is 0. The lowest BCUT2D eigenvalue weighted by Crippen LogP contribution is -2.10. The molecule has 4 nitrogen and oxygen atoms in total. The van der Waals surface area contributed by atoms with E-state index >= 15 is 0 Å². The number of benzene rings is 1. The minimum absolute atomic E-state index is 0.528. The molecule has 1 aromatic rings. The molecule has 0 unspecified atom stereocenters. The molecule has 0 atom stereocenters. The summed E-state index contributed by atoms with van der Waals surface area (Å²) < 4.78 is 16.0. The Hall–Kier alpha value is -1.39. The zero-order valence-electron chi connectivity index (χ0n) is 11.5. The first-order chi connectivity index (χ1) is 9.36. The SMILES string of the molecule is CCOCCOCCOc1ccc(CCC=O)cc1. The van der Waals surface area contributed by atoms with Crippen molar-refractivity contribution in [1.29, 1.82) is 0 Å². The molecular formula is C15H22O4. The normalized spacial score (nSPS) is 10.4. The number of hydrogen-bond acceptors (Lipinski definition) is 4. The summed E-state index contributed by atoms with van der Waals surface area (Å²) in [5.74, 6) is 0.822. The second-order valence-electron chi connectivity index (χ2n) is 4.01. The largest absolute Gasteiger partial charge is 0.491 e. The van der Waals surface area contributed by atoms with Crippen molar-refractivity contribution < 1.29 is 19.0 Å². The van der Waals surface area contributed by atoms with Gasteiger partial charge in [0.15, 0.2) is 0 Å². The van der Waals surface area contributed by atoms with Gasteiger partial charge >= 0.3 is 0 Å². The molecule has 0 saturated heterocycles. The van der Waals surface area contributed by atoms with Crippen molar-refractivity contribution in [2.24, 2.45) is 0 Å². The Morgan fingerprint density at radius 1 is 1.00 bits per heavy atom. The van der Waals surface area contributed by atoms with Gasteiger partial charge in [-0.2, -0.15) is 0 Å². The van der Waals surface area contributed by atoms with Crippen LogP contribution in [0.25, 0.3) is 0 Å². The van der Waals surface area contributed by atoms with Crippen molar-refractivity contribution in [3.8, 4) is 5.75 Å². The van der Waals surface area contributed by atoms with E-state index in [1.165, 1.54) is 0 Å². The summed E-state index contributed by atoms with van der Waals surface area (Å²) in [4.78, 5) is 10.3. The highest BCUT2D eigenvalue weighted by Crippen LogP contribution is 2.12. The summed E-state index contributed by atoms with van der Waals surface area (Å²) >= 11 is 0. The maximum absolute atomic E-state index is 10.3. The molecule has 0 bridgehead atoms. The van der Waals surface area contributed by atoms with Gasteiger partial charge in [-0.3, -0.25) is 0 Å². The fourth-order valence-corrected chi connectivity index (χ4v) is 1.56. The van der Waals surface area contributed by atoms with Crippen LogP contribution in [-0.2, 0) is 20.7 Å². The summed E-state index contributed by atoms with van der Waals surface area (Å²) in [7, 11) is 0. The minimum Gasteiger partial charge on any atom is -0.491 e. The number of rotatable bonds is 11. The van der Waals surface area contributed by atoms with Crippen molar-refractivity contribution in [2.75, 3.05) is 33.0 Å². The van der Waals surface area contributed by atoms with Crippen LogP contribution in [0.2, 0.25) is 0 Å². The number of hydrogen-bond donors (Lipinski definition) is 0. The Balaban J connectivity index is 2.10. The first-order valence-electron chi connectivity index (χ1n) is 6.67. The predicted octanol–water partition coefficient (Wildman–Crippen LogP) is 2.25. The van der Waals surface area contributed by atoms with Gasteiger partial charge in [0.1, 0.15) is 18.6 Å². The lowest BCUT2D eigenvalue weighted by Gasteiger charge is -2.08. The van der Waals surface area contributed by atoms with Crippen LogP contribution in [0, 0.1) is 0 Å². The van der Waals surface area contributed by atoms with E-state index < -0.39 is 0 Å². The van der Waals surface area contributed by atoms with E-state index in [2.05, 4.69) is 0 Å². The fraction of sp³-hybridized carbons (Fsp3) is 0.533. The molecule has 0 aromatic heterocycles. The molecule has 0 heterocycles. The zero-order chi connectivity index (χ0) is 13.8. The minimum atomic E-state index is 0.528. The molecule has 0 radical (unpaired) electrons. The van der Waals surface area contributed by atoms with E-state index in [0.717, 1.165) is 30.6 Å². The van der Waals surface area contributed by atoms with Gasteiger partial charge in [-0.25, -0.2) is 0 Å². The van der Waals surface area contributed by atoms with Crippen LogP contribution >= 0.6 is 0 Å². The molecule has 0 amide bonds. The number of carbonyl (C=O) groups is 1. The van der Waals surface area contributed by atoms with Gasteiger partial charge in [-0.1, -0.05) is 12.1 Å². The quantitative estimate of drug-likeness (QED) is 0.455. The molecule has 0 aliphatic heterocycles. The van der Waals surface area contributed by atoms with Crippen LogP contribution in [0.4, 0.5) is 0 Å². The van der Waals surface area contributed by atoms with E-state index in [4.69, 9.17) is 14.2 Å². The van der Waals surface area contributed by atoms with Gasteiger partial charge in [0.05, 0.1) is 19.8 Å². The van der Waals surface area contributed by atoms with Gasteiger partial charge in [-0.15, -0.1) is 0 Å². The van der Waals surface area contributed by atoms with Crippen LogP contribution < -0.4 is 4.74 Å². The smallest absolute Gasteiger partial charge is 0.120 e. The van der Waals surface area contributed by atoms with E-state index in [9.17, 15) is 4.79 Å². The third-order valence-electron chi connectivity index (χ3n) is 2.55. The van der Waals surface area contributed by atoms with E-state index in [-0.39, 0.29) is 0 Å². The molecule has 1 aromatic carbocycles. The Morgan fingerprint density at radius 3 is 2.37 bits per heavy atom. The molecule has 0 aliphatic carbocycles. The van der Waals surface area contributed by atoms with Crippen molar-refractivity contribution >= 4 is 6.29 Å². The fourth-order valence-electron chi connectivity index (χ4n) is 1.56. The lowest BCUT2D eigenvalue weighted by molar-refractivity contribution is -0.107. The van der Waals surface area contributed by atoms with Gasteiger partial charge in [0, 0.05) is 13.0 Å². The average molecular weight is 266 g/mol. The molecule has 0 fully saturated rings. The number of aldehydes is 1. The van der Waals surface area contributed by atoms with Crippen molar-refractivity contribution in [3.05, 3.63) is 29.8 Å². The van der Waals surface area contributed by atoms with Crippen molar-refractivity contribution in [1.82, 2.24) is 0 Å². The maximum atomic E-state index is 10.3. The van der Waals surface area contributed by atoms with Crippen molar-refractivity contribution in [2.45, 2.75) is 19.8 Å². The molecule has 106 valence electrons. The molecular weight excluding hydrogens is 244 g/mol. The third kappa shape index (κ3) is 7.59. The molecule has 0 saturated carbocycles. The van der Waals surface area contributed by atoms with Gasteiger partial charge in [0.25, 0.3) is 0 Å². The molecule has 0 spiro atoms. The monoisotopic (exact) mass is 266 g/mol. The van der Waals surface area contributed by atoms with Crippen LogP contribution in [0.3, 0.4) is 0 Å². The molecule has 1 rings (SSSR count). The van der Waals surface area contributed by atoms with Gasteiger partial charge in [0.2, 0.25) is 0 Å². The number of carbonyl (C=O) groups excluding carboxylic acids is 1. The van der Waals surface area contributed by atoms with Crippen LogP contribution in [-0.4, -0.2) is 39.3 Å². The Labute approximate surface area is 114 Å². The zero-order valence-corrected chi connectivity index (χ0v) is 11.5. The highest BCUT2D eigenvalue weighted by Gasteiger charge is 1.96. The Bertz CT molecular complexity index is 335. The Kier molecular flexibility index (Phi) is 8.68. The molecule has 0 aliphatic rings. The first kappa shape index (κ1) is 15.7. The van der Waals surface area contributed by atoms with Crippen LogP contribution in [0.5, 0.6) is 5.75 Å². The summed E-state index contributed by atoms with van der Waals surface area (Å²) in [6.07, 6.45) is 2.28.